The number of rotatable bonds is 1. The molecule has 0 fully saturated rings. The fraction of sp³-hybridized carbons (Fsp3) is 0.167. The number of sulfonamides is 1. The molecule has 0 saturated heterocycles. The first kappa shape index (κ1) is 17.4. The standard InChI is InChI=1S/C18H18N6O2S/c25-27(26)15-4-1-3-14(11-15)23-18-21-12-16(13-5-9-19-10-6-13)17(24-18)20-7-2-8-22-27/h1,3-6,9-12,22H,2,7-8H2,(H2,20,21,23,24). The predicted octanol–water partition coefficient (Wildman–Crippen LogP) is 2.38. The van der Waals surface area contributed by atoms with Crippen LogP contribution in [0.5, 0.6) is 0 Å². The van der Waals surface area contributed by atoms with Crippen LogP contribution in [0.3, 0.4) is 0 Å². The van der Waals surface area contributed by atoms with Gasteiger partial charge >= 0.3 is 0 Å². The molecule has 0 saturated carbocycles. The van der Waals surface area contributed by atoms with Crippen LogP contribution in [0.15, 0.2) is 59.9 Å². The zero-order valence-corrected chi connectivity index (χ0v) is 15.2. The van der Waals surface area contributed by atoms with Crippen LogP contribution in [0.25, 0.3) is 11.1 Å². The highest BCUT2D eigenvalue weighted by molar-refractivity contribution is 7.89. The molecule has 0 spiro atoms. The van der Waals surface area contributed by atoms with Gasteiger partial charge in [0.2, 0.25) is 16.0 Å². The summed E-state index contributed by atoms with van der Waals surface area (Å²) in [7, 11) is -3.55. The molecular weight excluding hydrogens is 364 g/mol. The minimum absolute atomic E-state index is 0.202. The first-order chi connectivity index (χ1) is 13.1. The summed E-state index contributed by atoms with van der Waals surface area (Å²) in [6.45, 7) is 0.893. The maximum absolute atomic E-state index is 12.4. The molecule has 0 unspecified atom stereocenters. The molecule has 1 aromatic carbocycles. The summed E-state index contributed by atoms with van der Waals surface area (Å²) >= 11 is 0. The van der Waals surface area contributed by atoms with E-state index >= 15 is 0 Å². The summed E-state index contributed by atoms with van der Waals surface area (Å²) in [5.74, 6) is 1.06. The fourth-order valence-electron chi connectivity index (χ4n) is 2.77. The first-order valence-corrected chi connectivity index (χ1v) is 9.98. The lowest BCUT2D eigenvalue weighted by atomic mass is 10.1. The molecule has 0 aliphatic carbocycles. The number of nitrogens with zero attached hydrogens (tertiary/aromatic N) is 3. The average molecular weight is 382 g/mol. The topological polar surface area (TPSA) is 109 Å². The van der Waals surface area contributed by atoms with E-state index < -0.39 is 10.0 Å². The van der Waals surface area contributed by atoms with Crippen molar-refractivity contribution in [1.82, 2.24) is 19.7 Å². The molecule has 2 aromatic heterocycles. The second-order valence-corrected chi connectivity index (χ2v) is 7.79. The second-order valence-electron chi connectivity index (χ2n) is 6.02. The SMILES string of the molecule is O=S1(=O)NCCCNc2nc(ncc2-c2ccncc2)Nc2cccc1c2. The Morgan fingerprint density at radius 3 is 2.74 bits per heavy atom. The third kappa shape index (κ3) is 3.88. The van der Waals surface area contributed by atoms with Gasteiger partial charge in [-0.1, -0.05) is 6.07 Å². The highest BCUT2D eigenvalue weighted by Gasteiger charge is 2.16. The summed E-state index contributed by atoms with van der Waals surface area (Å²) in [6.07, 6.45) is 5.79. The van der Waals surface area contributed by atoms with Crippen LogP contribution in [0.4, 0.5) is 17.5 Å². The molecule has 3 N–H and O–H groups in total. The summed E-state index contributed by atoms with van der Waals surface area (Å²) in [5.41, 5.74) is 2.40. The van der Waals surface area contributed by atoms with E-state index in [1.807, 2.05) is 12.1 Å². The average Bonchev–Trinajstić information content (AvgIpc) is 2.68. The third-order valence-corrected chi connectivity index (χ3v) is 5.58. The zero-order chi connectivity index (χ0) is 18.7. The molecule has 4 rings (SSSR count). The Morgan fingerprint density at radius 2 is 1.89 bits per heavy atom. The smallest absolute Gasteiger partial charge is 0.240 e. The van der Waals surface area contributed by atoms with Gasteiger partial charge in [0.1, 0.15) is 5.82 Å². The summed E-state index contributed by atoms with van der Waals surface area (Å²) < 4.78 is 27.4. The molecular formula is C18H18N6O2S. The number of pyridine rings is 1. The van der Waals surface area contributed by atoms with Crippen LogP contribution in [0.2, 0.25) is 0 Å². The van der Waals surface area contributed by atoms with Crippen LogP contribution in [-0.4, -0.2) is 36.5 Å². The fourth-order valence-corrected chi connectivity index (χ4v) is 3.89. The summed E-state index contributed by atoms with van der Waals surface area (Å²) in [4.78, 5) is 13.2. The molecule has 3 heterocycles. The van der Waals surface area contributed by atoms with E-state index in [9.17, 15) is 8.42 Å². The van der Waals surface area contributed by atoms with E-state index in [1.54, 1.807) is 42.9 Å². The van der Waals surface area contributed by atoms with E-state index in [4.69, 9.17) is 0 Å². The van der Waals surface area contributed by atoms with Gasteiger partial charge in [0, 0.05) is 42.9 Å². The highest BCUT2D eigenvalue weighted by atomic mass is 32.2. The Bertz CT molecular complexity index is 1060. The van der Waals surface area contributed by atoms with Crippen molar-refractivity contribution >= 4 is 27.5 Å². The number of hydrogen-bond donors (Lipinski definition) is 3. The number of benzene rings is 1. The molecule has 0 amide bonds. The number of anilines is 3. The lowest BCUT2D eigenvalue weighted by Gasteiger charge is -2.13. The van der Waals surface area contributed by atoms with Crippen molar-refractivity contribution in [3.8, 4) is 11.1 Å². The van der Waals surface area contributed by atoms with E-state index in [0.29, 0.717) is 37.0 Å². The molecule has 3 aromatic rings. The lowest BCUT2D eigenvalue weighted by Crippen LogP contribution is -2.26. The third-order valence-electron chi connectivity index (χ3n) is 4.12. The van der Waals surface area contributed by atoms with E-state index in [-0.39, 0.29) is 4.90 Å². The van der Waals surface area contributed by atoms with Gasteiger partial charge in [-0.15, -0.1) is 0 Å². The van der Waals surface area contributed by atoms with Crippen LogP contribution in [0.1, 0.15) is 6.42 Å². The molecule has 1 aliphatic heterocycles. The maximum atomic E-state index is 12.4. The Balaban J connectivity index is 1.75. The Labute approximate surface area is 157 Å². The van der Waals surface area contributed by atoms with Gasteiger partial charge in [-0.05, 0) is 42.3 Å². The molecule has 27 heavy (non-hydrogen) atoms. The van der Waals surface area contributed by atoms with Gasteiger partial charge in [-0.3, -0.25) is 4.98 Å². The van der Waals surface area contributed by atoms with Crippen molar-refractivity contribution in [3.63, 3.8) is 0 Å². The van der Waals surface area contributed by atoms with Gasteiger partial charge < -0.3 is 10.6 Å². The van der Waals surface area contributed by atoms with Crippen molar-refractivity contribution in [1.29, 1.82) is 0 Å². The normalized spacial score (nSPS) is 16.0. The van der Waals surface area contributed by atoms with Crippen molar-refractivity contribution in [2.75, 3.05) is 23.7 Å². The van der Waals surface area contributed by atoms with Crippen LogP contribution < -0.4 is 15.4 Å². The van der Waals surface area contributed by atoms with Crippen molar-refractivity contribution in [2.45, 2.75) is 11.3 Å². The van der Waals surface area contributed by atoms with Crippen LogP contribution >= 0.6 is 0 Å². The zero-order valence-electron chi connectivity index (χ0n) is 14.4. The molecule has 138 valence electrons. The van der Waals surface area contributed by atoms with Gasteiger partial charge in [-0.2, -0.15) is 4.98 Å². The number of hydrogen-bond acceptors (Lipinski definition) is 7. The van der Waals surface area contributed by atoms with Crippen molar-refractivity contribution in [3.05, 3.63) is 55.0 Å². The Kier molecular flexibility index (Phi) is 4.69. The molecule has 1 aliphatic rings. The first-order valence-electron chi connectivity index (χ1n) is 8.50. The Hall–Kier alpha value is -3.04. The molecule has 0 atom stereocenters. The predicted molar refractivity (Wildman–Crippen MR) is 103 cm³/mol. The minimum Gasteiger partial charge on any atom is -0.369 e. The Morgan fingerprint density at radius 1 is 1.04 bits per heavy atom. The van der Waals surface area contributed by atoms with Crippen molar-refractivity contribution < 1.29 is 8.42 Å². The quantitative estimate of drug-likeness (QED) is 0.593. The lowest BCUT2D eigenvalue weighted by molar-refractivity contribution is 0.580. The number of fused-ring (bicyclic) bond motifs is 4. The van der Waals surface area contributed by atoms with E-state index in [0.717, 1.165) is 11.1 Å². The van der Waals surface area contributed by atoms with Gasteiger partial charge in [0.05, 0.1) is 4.90 Å². The van der Waals surface area contributed by atoms with E-state index in [2.05, 4.69) is 30.3 Å². The van der Waals surface area contributed by atoms with Gasteiger partial charge in [0.25, 0.3) is 0 Å². The van der Waals surface area contributed by atoms with Crippen LogP contribution in [-0.2, 0) is 10.0 Å². The molecule has 4 bridgehead atoms. The van der Waals surface area contributed by atoms with E-state index in [1.165, 1.54) is 0 Å². The largest absolute Gasteiger partial charge is 0.369 e. The maximum Gasteiger partial charge on any atom is 0.240 e. The molecule has 8 nitrogen and oxygen atoms in total. The highest BCUT2D eigenvalue weighted by Crippen LogP contribution is 2.27. The van der Waals surface area contributed by atoms with Gasteiger partial charge in [0.15, 0.2) is 0 Å². The molecule has 9 heteroatoms. The van der Waals surface area contributed by atoms with Crippen LogP contribution in [0, 0.1) is 0 Å². The minimum atomic E-state index is -3.55. The molecule has 0 radical (unpaired) electrons. The van der Waals surface area contributed by atoms with Gasteiger partial charge in [-0.25, -0.2) is 18.1 Å². The van der Waals surface area contributed by atoms with Crippen molar-refractivity contribution in [2.24, 2.45) is 0 Å². The monoisotopic (exact) mass is 382 g/mol. The number of nitrogens with one attached hydrogen (secondary N) is 3. The summed E-state index contributed by atoms with van der Waals surface area (Å²) in [5, 5.41) is 6.35. The number of aromatic nitrogens is 3. The second kappa shape index (κ2) is 7.29. The summed E-state index contributed by atoms with van der Waals surface area (Å²) in [6, 6.07) is 10.4.